The van der Waals surface area contributed by atoms with Crippen molar-refractivity contribution in [2.45, 2.75) is 45.6 Å². The predicted octanol–water partition coefficient (Wildman–Crippen LogP) is 2.49. The highest BCUT2D eigenvalue weighted by Crippen LogP contribution is 2.38. The highest BCUT2D eigenvalue weighted by Gasteiger charge is 2.40. The molecule has 1 aromatic rings. The fourth-order valence-electron chi connectivity index (χ4n) is 3.52. The Bertz CT molecular complexity index is 655. The second-order valence-electron chi connectivity index (χ2n) is 6.85. The Labute approximate surface area is 136 Å². The summed E-state index contributed by atoms with van der Waals surface area (Å²) in [5.74, 6) is -0.337. The number of carboxylic acid groups (broad SMARTS) is 1. The number of piperidine rings is 1. The van der Waals surface area contributed by atoms with Gasteiger partial charge in [0.2, 0.25) is 5.91 Å². The number of ether oxygens (including phenoxy) is 1. The minimum atomic E-state index is -0.913. The molecule has 1 amide bonds. The van der Waals surface area contributed by atoms with E-state index in [0.717, 1.165) is 28.9 Å². The van der Waals surface area contributed by atoms with Gasteiger partial charge >= 0.3 is 5.97 Å². The van der Waals surface area contributed by atoms with Crippen molar-refractivity contribution in [3.05, 3.63) is 28.8 Å². The van der Waals surface area contributed by atoms with Gasteiger partial charge in [-0.15, -0.1) is 0 Å². The Hall–Kier alpha value is -2.04. The minimum Gasteiger partial charge on any atom is -0.492 e. The minimum absolute atomic E-state index is 0.119. The molecule has 1 fully saturated rings. The molecule has 2 heterocycles. The molecule has 0 radical (unpaired) electrons. The summed E-state index contributed by atoms with van der Waals surface area (Å²) in [6.07, 6.45) is 1.37. The Morgan fingerprint density at radius 2 is 1.96 bits per heavy atom. The summed E-state index contributed by atoms with van der Waals surface area (Å²) >= 11 is 0. The summed E-state index contributed by atoms with van der Waals surface area (Å²) < 4.78 is 5.68. The fraction of sp³-hybridized carbons (Fsp3) is 0.556. The first kappa shape index (κ1) is 15.8. The molecule has 124 valence electrons. The molecular formula is C18H23NO4. The number of hydrogen-bond acceptors (Lipinski definition) is 3. The van der Waals surface area contributed by atoms with Crippen molar-refractivity contribution in [1.29, 1.82) is 0 Å². The lowest BCUT2D eigenvalue weighted by molar-refractivity contribution is -0.153. The van der Waals surface area contributed by atoms with Gasteiger partial charge in [-0.2, -0.15) is 0 Å². The number of carbonyl (C=O) groups excluding carboxylic acids is 1. The SMILES string of the molecule is Cc1cc2c(cc1C)C(C(=O)N1CCC(C)CC1C(=O)O)CO2. The number of carboxylic acids is 1. The molecule has 0 saturated carbocycles. The molecule has 2 aliphatic heterocycles. The van der Waals surface area contributed by atoms with Crippen LogP contribution in [0, 0.1) is 19.8 Å². The molecule has 5 nitrogen and oxygen atoms in total. The maximum absolute atomic E-state index is 13.0. The van der Waals surface area contributed by atoms with Crippen LogP contribution in [-0.4, -0.2) is 41.1 Å². The zero-order chi connectivity index (χ0) is 16.7. The van der Waals surface area contributed by atoms with E-state index in [9.17, 15) is 14.7 Å². The Kier molecular flexibility index (Phi) is 4.04. The van der Waals surface area contributed by atoms with E-state index in [2.05, 4.69) is 0 Å². The second kappa shape index (κ2) is 5.87. The van der Waals surface area contributed by atoms with Gasteiger partial charge < -0.3 is 14.7 Å². The average molecular weight is 317 g/mol. The summed E-state index contributed by atoms with van der Waals surface area (Å²) in [5.41, 5.74) is 3.14. The van der Waals surface area contributed by atoms with Crippen molar-refractivity contribution in [3.63, 3.8) is 0 Å². The number of amides is 1. The molecule has 5 heteroatoms. The molecule has 0 aromatic heterocycles. The fourth-order valence-corrected chi connectivity index (χ4v) is 3.52. The highest BCUT2D eigenvalue weighted by atomic mass is 16.5. The lowest BCUT2D eigenvalue weighted by atomic mass is 9.89. The first-order valence-corrected chi connectivity index (χ1v) is 8.15. The number of nitrogens with zero attached hydrogens (tertiary/aromatic N) is 1. The van der Waals surface area contributed by atoms with Crippen LogP contribution in [0.15, 0.2) is 12.1 Å². The predicted molar refractivity (Wildman–Crippen MR) is 85.7 cm³/mol. The number of benzene rings is 1. The third-order valence-corrected chi connectivity index (χ3v) is 5.14. The monoisotopic (exact) mass is 317 g/mol. The Balaban J connectivity index is 1.87. The molecule has 0 aliphatic carbocycles. The maximum Gasteiger partial charge on any atom is 0.326 e. The number of rotatable bonds is 2. The van der Waals surface area contributed by atoms with E-state index >= 15 is 0 Å². The molecule has 3 unspecified atom stereocenters. The molecule has 23 heavy (non-hydrogen) atoms. The molecule has 0 bridgehead atoms. The lowest BCUT2D eigenvalue weighted by Crippen LogP contribution is -2.51. The van der Waals surface area contributed by atoms with E-state index < -0.39 is 12.0 Å². The maximum atomic E-state index is 13.0. The molecule has 2 aliphatic rings. The van der Waals surface area contributed by atoms with Gasteiger partial charge in [-0.05, 0) is 49.8 Å². The Morgan fingerprint density at radius 3 is 2.65 bits per heavy atom. The number of fused-ring (bicyclic) bond motifs is 1. The molecule has 1 N–H and O–H groups in total. The Morgan fingerprint density at radius 1 is 1.26 bits per heavy atom. The number of aliphatic carboxylic acids is 1. The summed E-state index contributed by atoms with van der Waals surface area (Å²) in [5, 5.41) is 9.47. The van der Waals surface area contributed by atoms with Gasteiger partial charge in [0.25, 0.3) is 0 Å². The molecule has 0 spiro atoms. The zero-order valence-electron chi connectivity index (χ0n) is 13.8. The van der Waals surface area contributed by atoms with Crippen LogP contribution in [0.2, 0.25) is 0 Å². The van der Waals surface area contributed by atoms with Crippen molar-refractivity contribution >= 4 is 11.9 Å². The third-order valence-electron chi connectivity index (χ3n) is 5.14. The van der Waals surface area contributed by atoms with Crippen molar-refractivity contribution in [2.75, 3.05) is 13.2 Å². The van der Waals surface area contributed by atoms with E-state index in [1.807, 2.05) is 32.9 Å². The first-order chi connectivity index (χ1) is 10.9. The van der Waals surface area contributed by atoms with Crippen LogP contribution in [0.1, 0.15) is 42.4 Å². The van der Waals surface area contributed by atoms with E-state index in [0.29, 0.717) is 25.5 Å². The summed E-state index contributed by atoms with van der Waals surface area (Å²) in [7, 11) is 0. The quantitative estimate of drug-likeness (QED) is 0.910. The largest absolute Gasteiger partial charge is 0.492 e. The van der Waals surface area contributed by atoms with Crippen LogP contribution >= 0.6 is 0 Å². The summed E-state index contributed by atoms with van der Waals surface area (Å²) in [4.78, 5) is 26.1. The second-order valence-corrected chi connectivity index (χ2v) is 6.85. The number of carbonyl (C=O) groups is 2. The number of hydrogen-bond donors (Lipinski definition) is 1. The van der Waals surface area contributed by atoms with Crippen molar-refractivity contribution in [2.24, 2.45) is 5.92 Å². The van der Waals surface area contributed by atoms with Gasteiger partial charge in [-0.25, -0.2) is 4.79 Å². The number of likely N-dealkylation sites (tertiary alicyclic amines) is 1. The van der Waals surface area contributed by atoms with Crippen LogP contribution in [0.4, 0.5) is 0 Å². The van der Waals surface area contributed by atoms with E-state index in [4.69, 9.17) is 4.74 Å². The van der Waals surface area contributed by atoms with E-state index in [1.54, 1.807) is 4.90 Å². The number of aryl methyl sites for hydroxylation is 2. The molecular weight excluding hydrogens is 294 g/mol. The zero-order valence-corrected chi connectivity index (χ0v) is 13.8. The van der Waals surface area contributed by atoms with Gasteiger partial charge in [0.15, 0.2) is 0 Å². The topological polar surface area (TPSA) is 66.8 Å². The lowest BCUT2D eigenvalue weighted by Gasteiger charge is -2.37. The molecule has 1 aromatic carbocycles. The van der Waals surface area contributed by atoms with Crippen molar-refractivity contribution in [3.8, 4) is 5.75 Å². The van der Waals surface area contributed by atoms with Gasteiger partial charge in [-0.3, -0.25) is 4.79 Å². The standard InChI is InChI=1S/C18H23NO4/c1-10-4-5-19(15(6-10)18(21)22)17(20)14-9-23-16-8-12(3)11(2)7-13(14)16/h7-8,10,14-15H,4-6,9H2,1-3H3,(H,21,22). The van der Waals surface area contributed by atoms with Gasteiger partial charge in [0.1, 0.15) is 24.3 Å². The van der Waals surface area contributed by atoms with Crippen LogP contribution in [0.5, 0.6) is 5.75 Å². The van der Waals surface area contributed by atoms with E-state index in [1.165, 1.54) is 0 Å². The summed E-state index contributed by atoms with van der Waals surface area (Å²) in [6, 6.07) is 3.25. The molecule has 1 saturated heterocycles. The molecule has 3 atom stereocenters. The third kappa shape index (κ3) is 2.80. The van der Waals surface area contributed by atoms with E-state index in [-0.39, 0.29) is 11.8 Å². The van der Waals surface area contributed by atoms with Gasteiger partial charge in [0.05, 0.1) is 0 Å². The van der Waals surface area contributed by atoms with Crippen LogP contribution in [-0.2, 0) is 9.59 Å². The van der Waals surface area contributed by atoms with Gasteiger partial charge in [0, 0.05) is 12.1 Å². The smallest absolute Gasteiger partial charge is 0.326 e. The van der Waals surface area contributed by atoms with Crippen molar-refractivity contribution < 1.29 is 19.4 Å². The van der Waals surface area contributed by atoms with Gasteiger partial charge in [-0.1, -0.05) is 13.0 Å². The van der Waals surface area contributed by atoms with Crippen LogP contribution in [0.3, 0.4) is 0 Å². The highest BCUT2D eigenvalue weighted by molar-refractivity contribution is 5.89. The first-order valence-electron chi connectivity index (χ1n) is 8.15. The normalized spacial score (nSPS) is 26.6. The molecule has 3 rings (SSSR count). The average Bonchev–Trinajstić information content (AvgIpc) is 2.89. The van der Waals surface area contributed by atoms with Crippen LogP contribution in [0.25, 0.3) is 0 Å². The summed E-state index contributed by atoms with van der Waals surface area (Å²) in [6.45, 7) is 6.87. The van der Waals surface area contributed by atoms with Crippen molar-refractivity contribution in [1.82, 2.24) is 4.90 Å². The van der Waals surface area contributed by atoms with Crippen LogP contribution < -0.4 is 4.74 Å².